The molecule has 0 bridgehead atoms. The Balaban J connectivity index is 0.000000278. The van der Waals surface area contributed by atoms with E-state index in [0.29, 0.717) is 22.5 Å². The average molecular weight is 390 g/mol. The molecule has 0 aliphatic carbocycles. The van der Waals surface area contributed by atoms with Crippen molar-refractivity contribution in [2.24, 2.45) is 0 Å². The van der Waals surface area contributed by atoms with Crippen LogP contribution in [0.3, 0.4) is 0 Å². The highest BCUT2D eigenvalue weighted by atomic mass is 16.7. The van der Waals surface area contributed by atoms with Crippen molar-refractivity contribution in [2.45, 2.75) is 19.6 Å². The van der Waals surface area contributed by atoms with Crippen molar-refractivity contribution in [3.63, 3.8) is 0 Å². The summed E-state index contributed by atoms with van der Waals surface area (Å²) < 4.78 is 9.90. The molecular formula is C21H18N4O4. The minimum absolute atomic E-state index is 0.214. The van der Waals surface area contributed by atoms with Crippen LogP contribution in [0, 0.1) is 22.7 Å². The standard InChI is InChI=1S/C14H12N2O4.C7H6N2/c1-14(2)19-12(17)11(13(18)20-14)8-16-10-5-3-9(7-15)4-6-10;8-5-6-1-3-7(9)4-2-6/h3-6,8,16H,1-2H3;1-4H,9H2. The highest BCUT2D eigenvalue weighted by molar-refractivity contribution is 6.15. The number of hydrogen-bond acceptors (Lipinski definition) is 8. The van der Waals surface area contributed by atoms with Gasteiger partial charge in [0.15, 0.2) is 5.57 Å². The predicted molar refractivity (Wildman–Crippen MR) is 105 cm³/mol. The van der Waals surface area contributed by atoms with Gasteiger partial charge in [-0.2, -0.15) is 10.5 Å². The first-order valence-electron chi connectivity index (χ1n) is 8.43. The molecule has 1 fully saturated rings. The number of hydrogen-bond donors (Lipinski definition) is 2. The number of cyclic esters (lactones) is 2. The third-order valence-electron chi connectivity index (χ3n) is 3.55. The molecule has 0 amide bonds. The number of nitrogens with one attached hydrogen (secondary N) is 1. The molecule has 146 valence electrons. The molecule has 8 nitrogen and oxygen atoms in total. The molecule has 0 unspecified atom stereocenters. The Hall–Kier alpha value is -4.30. The zero-order chi connectivity index (χ0) is 21.4. The topological polar surface area (TPSA) is 138 Å². The predicted octanol–water partition coefficient (Wildman–Crippen LogP) is 2.83. The van der Waals surface area contributed by atoms with Gasteiger partial charge >= 0.3 is 11.9 Å². The van der Waals surface area contributed by atoms with Crippen molar-refractivity contribution in [1.82, 2.24) is 0 Å². The lowest BCUT2D eigenvalue weighted by molar-refractivity contribution is -0.222. The van der Waals surface area contributed by atoms with Gasteiger partial charge in [0, 0.05) is 31.4 Å². The van der Waals surface area contributed by atoms with Gasteiger partial charge < -0.3 is 20.5 Å². The van der Waals surface area contributed by atoms with Crippen LogP contribution >= 0.6 is 0 Å². The number of rotatable bonds is 2. The number of nitriles is 2. The smallest absolute Gasteiger partial charge is 0.350 e. The van der Waals surface area contributed by atoms with Crippen molar-refractivity contribution in [2.75, 3.05) is 11.1 Å². The molecule has 1 heterocycles. The summed E-state index contributed by atoms with van der Waals surface area (Å²) in [5.41, 5.74) is 7.63. The summed E-state index contributed by atoms with van der Waals surface area (Å²) >= 11 is 0. The van der Waals surface area contributed by atoms with Gasteiger partial charge in [0.25, 0.3) is 5.79 Å². The normalized spacial score (nSPS) is 14.1. The molecule has 0 atom stereocenters. The molecule has 3 rings (SSSR count). The quantitative estimate of drug-likeness (QED) is 0.345. The van der Waals surface area contributed by atoms with E-state index in [1.54, 1.807) is 48.5 Å². The van der Waals surface area contributed by atoms with E-state index >= 15 is 0 Å². The van der Waals surface area contributed by atoms with Gasteiger partial charge in [-0.25, -0.2) is 9.59 Å². The number of benzene rings is 2. The lowest BCUT2D eigenvalue weighted by Crippen LogP contribution is -2.42. The van der Waals surface area contributed by atoms with Crippen LogP contribution in [0.15, 0.2) is 60.3 Å². The molecule has 2 aromatic rings. The van der Waals surface area contributed by atoms with Gasteiger partial charge in [0.05, 0.1) is 23.3 Å². The highest BCUT2D eigenvalue weighted by Crippen LogP contribution is 2.22. The zero-order valence-corrected chi connectivity index (χ0v) is 15.8. The van der Waals surface area contributed by atoms with E-state index in [9.17, 15) is 9.59 Å². The Kier molecular flexibility index (Phi) is 6.57. The van der Waals surface area contributed by atoms with E-state index in [0.717, 1.165) is 0 Å². The maximum absolute atomic E-state index is 11.7. The van der Waals surface area contributed by atoms with Crippen molar-refractivity contribution >= 4 is 23.3 Å². The molecule has 1 saturated heterocycles. The van der Waals surface area contributed by atoms with E-state index in [-0.39, 0.29) is 5.57 Å². The number of ether oxygens (including phenoxy) is 2. The van der Waals surface area contributed by atoms with Crippen molar-refractivity contribution in [3.05, 3.63) is 71.4 Å². The van der Waals surface area contributed by atoms with Gasteiger partial charge in [0.2, 0.25) is 0 Å². The third-order valence-corrected chi connectivity index (χ3v) is 3.55. The zero-order valence-electron chi connectivity index (χ0n) is 15.8. The number of carbonyl (C=O) groups is 2. The summed E-state index contributed by atoms with van der Waals surface area (Å²) in [5.74, 6) is -2.74. The molecule has 29 heavy (non-hydrogen) atoms. The van der Waals surface area contributed by atoms with Crippen LogP contribution < -0.4 is 11.1 Å². The number of carbonyl (C=O) groups excluding carboxylic acids is 2. The molecule has 8 heteroatoms. The summed E-state index contributed by atoms with van der Waals surface area (Å²) in [6.07, 6.45) is 1.22. The van der Waals surface area contributed by atoms with Gasteiger partial charge in [-0.05, 0) is 48.5 Å². The lowest BCUT2D eigenvalue weighted by Gasteiger charge is -2.29. The molecule has 1 aliphatic heterocycles. The first-order valence-corrected chi connectivity index (χ1v) is 8.43. The second-order valence-corrected chi connectivity index (χ2v) is 6.30. The second-order valence-electron chi connectivity index (χ2n) is 6.30. The first kappa shape index (κ1) is 21.0. The Morgan fingerprint density at radius 1 is 0.897 bits per heavy atom. The van der Waals surface area contributed by atoms with Crippen LogP contribution in [-0.2, 0) is 19.1 Å². The fraction of sp³-hybridized carbons (Fsp3) is 0.143. The Bertz CT molecular complexity index is 989. The molecule has 0 saturated carbocycles. The molecular weight excluding hydrogens is 372 g/mol. The van der Waals surface area contributed by atoms with Crippen LogP contribution in [-0.4, -0.2) is 17.7 Å². The first-order chi connectivity index (χ1) is 13.7. The van der Waals surface area contributed by atoms with Crippen molar-refractivity contribution in [1.29, 1.82) is 10.5 Å². The fourth-order valence-electron chi connectivity index (χ4n) is 2.13. The third kappa shape index (κ3) is 6.12. The lowest BCUT2D eigenvalue weighted by atomic mass is 10.2. The maximum atomic E-state index is 11.7. The fourth-order valence-corrected chi connectivity index (χ4v) is 2.13. The monoisotopic (exact) mass is 390 g/mol. The van der Waals surface area contributed by atoms with Crippen LogP contribution in [0.1, 0.15) is 25.0 Å². The highest BCUT2D eigenvalue weighted by Gasteiger charge is 2.38. The number of anilines is 2. The molecule has 3 N–H and O–H groups in total. The molecule has 0 radical (unpaired) electrons. The molecule has 1 aliphatic rings. The van der Waals surface area contributed by atoms with E-state index in [1.807, 2.05) is 12.1 Å². The van der Waals surface area contributed by atoms with E-state index in [1.165, 1.54) is 20.0 Å². The Morgan fingerprint density at radius 3 is 1.79 bits per heavy atom. The van der Waals surface area contributed by atoms with Crippen molar-refractivity contribution in [3.8, 4) is 12.1 Å². The largest absolute Gasteiger partial charge is 0.419 e. The van der Waals surface area contributed by atoms with Crippen LogP contribution in [0.4, 0.5) is 11.4 Å². The van der Waals surface area contributed by atoms with E-state index < -0.39 is 17.7 Å². The maximum Gasteiger partial charge on any atom is 0.350 e. The summed E-state index contributed by atoms with van der Waals surface area (Å²) in [5, 5.41) is 19.8. The summed E-state index contributed by atoms with van der Waals surface area (Å²) in [7, 11) is 0. The Morgan fingerprint density at radius 2 is 1.34 bits per heavy atom. The number of nitrogens with zero attached hydrogens (tertiary/aromatic N) is 2. The van der Waals surface area contributed by atoms with Gasteiger partial charge in [0.1, 0.15) is 0 Å². The number of nitrogens with two attached hydrogens (primary N) is 1. The molecule has 0 spiro atoms. The van der Waals surface area contributed by atoms with E-state index in [2.05, 4.69) is 5.32 Å². The number of esters is 2. The Labute approximate surface area is 167 Å². The average Bonchev–Trinajstić information content (AvgIpc) is 2.68. The van der Waals surface area contributed by atoms with Crippen LogP contribution in [0.25, 0.3) is 0 Å². The molecule has 0 aromatic heterocycles. The van der Waals surface area contributed by atoms with Gasteiger partial charge in [-0.1, -0.05) is 0 Å². The SMILES string of the molecule is CC1(C)OC(=O)C(=CNc2ccc(C#N)cc2)C(=O)O1.N#Cc1ccc(N)cc1. The van der Waals surface area contributed by atoms with Gasteiger partial charge in [-0.3, -0.25) is 0 Å². The van der Waals surface area contributed by atoms with Crippen LogP contribution in [0.5, 0.6) is 0 Å². The second kappa shape index (κ2) is 9.07. The minimum atomic E-state index is -1.25. The van der Waals surface area contributed by atoms with Crippen LogP contribution in [0.2, 0.25) is 0 Å². The minimum Gasteiger partial charge on any atom is -0.419 e. The van der Waals surface area contributed by atoms with E-state index in [4.69, 9.17) is 25.7 Å². The van der Waals surface area contributed by atoms with Gasteiger partial charge in [-0.15, -0.1) is 0 Å². The van der Waals surface area contributed by atoms with Crippen molar-refractivity contribution < 1.29 is 19.1 Å². The summed E-state index contributed by atoms with van der Waals surface area (Å²) in [6.45, 7) is 2.96. The molecule has 2 aromatic carbocycles. The summed E-state index contributed by atoms with van der Waals surface area (Å²) in [6, 6.07) is 17.3. The summed E-state index contributed by atoms with van der Waals surface area (Å²) in [4.78, 5) is 23.3. The number of nitrogen functional groups attached to an aromatic ring is 1.